The molecule has 1 aliphatic rings. The molecule has 0 amide bonds. The molecule has 0 spiro atoms. The first-order valence-electron chi connectivity index (χ1n) is 9.14. The molecule has 2 aromatic heterocycles. The van der Waals surface area contributed by atoms with Crippen LogP contribution in [0.2, 0.25) is 0 Å². The van der Waals surface area contributed by atoms with Gasteiger partial charge in [-0.15, -0.1) is 0 Å². The van der Waals surface area contributed by atoms with Crippen molar-refractivity contribution in [2.75, 3.05) is 6.61 Å². The Kier molecular flexibility index (Phi) is 4.97. The molecule has 0 fully saturated rings. The van der Waals surface area contributed by atoms with Crippen molar-refractivity contribution in [1.82, 2.24) is 10.1 Å². The predicted octanol–water partition coefficient (Wildman–Crippen LogP) is 3.82. The van der Waals surface area contributed by atoms with Gasteiger partial charge in [-0.2, -0.15) is 0 Å². The van der Waals surface area contributed by atoms with Crippen molar-refractivity contribution in [3.63, 3.8) is 0 Å². The maximum Gasteiger partial charge on any atom is 0.344 e. The number of pyridine rings is 1. The smallest absolute Gasteiger partial charge is 0.344 e. The summed E-state index contributed by atoms with van der Waals surface area (Å²) in [7, 11) is 0. The third-order valence-corrected chi connectivity index (χ3v) is 4.36. The van der Waals surface area contributed by atoms with E-state index in [1.807, 2.05) is 32.0 Å². The lowest BCUT2D eigenvalue weighted by molar-refractivity contribution is 0.0459. The molecular weight excluding hydrogens is 360 g/mol. The average molecular weight is 380 g/mol. The number of hydrogen-bond acceptors (Lipinski definition) is 7. The second-order valence-electron chi connectivity index (χ2n) is 6.50. The highest BCUT2D eigenvalue weighted by Crippen LogP contribution is 2.33. The van der Waals surface area contributed by atoms with Crippen molar-refractivity contribution in [3.05, 3.63) is 59.4 Å². The Morgan fingerprint density at radius 3 is 3.04 bits per heavy atom. The van der Waals surface area contributed by atoms with Gasteiger partial charge in [0.15, 0.2) is 5.76 Å². The standard InChI is InChI=1S/C21H20N2O5/c1-3-25-20-17(5-4-8-22-20)21(24)26-12-16-11-19(28-23-16)14-6-7-18-15(10-14)9-13(2)27-18/h4-8,10-11,13H,3,9,12H2,1-2H3/t13-/m1/s1. The van der Waals surface area contributed by atoms with Crippen molar-refractivity contribution in [2.45, 2.75) is 33.0 Å². The quantitative estimate of drug-likeness (QED) is 0.601. The predicted molar refractivity (Wildman–Crippen MR) is 100 cm³/mol. The number of rotatable bonds is 6. The van der Waals surface area contributed by atoms with Crippen LogP contribution in [0.25, 0.3) is 11.3 Å². The molecule has 1 aliphatic heterocycles. The zero-order chi connectivity index (χ0) is 19.5. The third-order valence-electron chi connectivity index (χ3n) is 4.36. The first-order valence-corrected chi connectivity index (χ1v) is 9.14. The van der Waals surface area contributed by atoms with Gasteiger partial charge in [-0.05, 0) is 49.7 Å². The molecule has 0 saturated carbocycles. The zero-order valence-electron chi connectivity index (χ0n) is 15.7. The van der Waals surface area contributed by atoms with Gasteiger partial charge in [-0.1, -0.05) is 5.16 Å². The highest BCUT2D eigenvalue weighted by atomic mass is 16.5. The van der Waals surface area contributed by atoms with Crippen molar-refractivity contribution in [3.8, 4) is 23.0 Å². The molecule has 7 nitrogen and oxygen atoms in total. The van der Waals surface area contributed by atoms with Crippen LogP contribution in [-0.2, 0) is 17.8 Å². The van der Waals surface area contributed by atoms with Crippen molar-refractivity contribution in [2.24, 2.45) is 0 Å². The lowest BCUT2D eigenvalue weighted by atomic mass is 10.1. The molecule has 1 aromatic carbocycles. The Morgan fingerprint density at radius 1 is 1.29 bits per heavy atom. The van der Waals surface area contributed by atoms with E-state index in [0.29, 0.717) is 18.1 Å². The number of carbonyl (C=O) groups excluding carboxylic acids is 1. The molecule has 3 aromatic rings. The van der Waals surface area contributed by atoms with Gasteiger partial charge < -0.3 is 18.7 Å². The van der Waals surface area contributed by atoms with Crippen LogP contribution in [0.15, 0.2) is 47.1 Å². The fourth-order valence-corrected chi connectivity index (χ4v) is 3.11. The van der Waals surface area contributed by atoms with Crippen molar-refractivity contribution < 1.29 is 23.5 Å². The minimum absolute atomic E-state index is 0.00607. The Balaban J connectivity index is 1.43. The van der Waals surface area contributed by atoms with Gasteiger partial charge in [0, 0.05) is 24.2 Å². The fourth-order valence-electron chi connectivity index (χ4n) is 3.11. The van der Waals surface area contributed by atoms with Crippen LogP contribution >= 0.6 is 0 Å². The average Bonchev–Trinajstić information content (AvgIpc) is 3.31. The number of hydrogen-bond donors (Lipinski definition) is 0. The molecule has 7 heteroatoms. The van der Waals surface area contributed by atoms with Crippen LogP contribution in [0.1, 0.15) is 35.5 Å². The highest BCUT2D eigenvalue weighted by Gasteiger charge is 2.20. The number of esters is 1. The third kappa shape index (κ3) is 3.69. The van der Waals surface area contributed by atoms with Gasteiger partial charge in [0.1, 0.15) is 29.7 Å². The van der Waals surface area contributed by atoms with E-state index in [1.165, 1.54) is 0 Å². The molecule has 0 saturated heterocycles. The highest BCUT2D eigenvalue weighted by molar-refractivity contribution is 5.91. The van der Waals surface area contributed by atoms with E-state index in [1.54, 1.807) is 24.4 Å². The largest absolute Gasteiger partial charge is 0.490 e. The Labute approximate surface area is 162 Å². The molecular formula is C21H20N2O5. The molecule has 4 rings (SSSR count). The number of nitrogens with zero attached hydrogens (tertiary/aromatic N) is 2. The maximum absolute atomic E-state index is 12.3. The van der Waals surface area contributed by atoms with Gasteiger partial charge in [-0.25, -0.2) is 9.78 Å². The number of carbonyl (C=O) groups is 1. The summed E-state index contributed by atoms with van der Waals surface area (Å²) in [6.07, 6.45) is 2.62. The SMILES string of the molecule is CCOc1ncccc1C(=O)OCc1cc(-c2ccc3c(c2)C[C@@H](C)O3)on1. The molecule has 28 heavy (non-hydrogen) atoms. The molecule has 1 atom stereocenters. The minimum Gasteiger partial charge on any atom is -0.490 e. The van der Waals surface area contributed by atoms with Gasteiger partial charge in [0.25, 0.3) is 0 Å². The van der Waals surface area contributed by atoms with E-state index in [-0.39, 0.29) is 24.2 Å². The lowest BCUT2D eigenvalue weighted by Gasteiger charge is -2.07. The van der Waals surface area contributed by atoms with Gasteiger partial charge >= 0.3 is 5.97 Å². The van der Waals surface area contributed by atoms with E-state index in [4.69, 9.17) is 18.7 Å². The summed E-state index contributed by atoms with van der Waals surface area (Å²) in [5.74, 6) is 1.26. The maximum atomic E-state index is 12.3. The van der Waals surface area contributed by atoms with E-state index in [2.05, 4.69) is 10.1 Å². The summed E-state index contributed by atoms with van der Waals surface area (Å²) in [5.41, 5.74) is 2.86. The summed E-state index contributed by atoms with van der Waals surface area (Å²) in [6, 6.07) is 10.9. The van der Waals surface area contributed by atoms with Gasteiger partial charge in [0.2, 0.25) is 5.88 Å². The molecule has 0 aliphatic carbocycles. The molecule has 144 valence electrons. The van der Waals surface area contributed by atoms with Crippen molar-refractivity contribution in [1.29, 1.82) is 0 Å². The molecule has 0 radical (unpaired) electrons. The first kappa shape index (κ1) is 18.0. The molecule has 0 unspecified atom stereocenters. The molecule has 0 N–H and O–H groups in total. The number of fused-ring (bicyclic) bond motifs is 1. The Bertz CT molecular complexity index is 998. The van der Waals surface area contributed by atoms with Crippen molar-refractivity contribution >= 4 is 5.97 Å². The minimum atomic E-state index is -0.523. The number of benzene rings is 1. The van der Waals surface area contributed by atoms with E-state index >= 15 is 0 Å². The van der Waals surface area contributed by atoms with Crippen LogP contribution in [-0.4, -0.2) is 28.8 Å². The van der Waals surface area contributed by atoms with Crippen LogP contribution in [0.4, 0.5) is 0 Å². The lowest BCUT2D eigenvalue weighted by Crippen LogP contribution is -2.09. The zero-order valence-corrected chi connectivity index (χ0v) is 15.7. The van der Waals surface area contributed by atoms with Crippen LogP contribution in [0.3, 0.4) is 0 Å². The Morgan fingerprint density at radius 2 is 2.18 bits per heavy atom. The van der Waals surface area contributed by atoms with Gasteiger partial charge in [0.05, 0.1) is 6.61 Å². The van der Waals surface area contributed by atoms with E-state index < -0.39 is 5.97 Å². The second-order valence-corrected chi connectivity index (χ2v) is 6.50. The van der Waals surface area contributed by atoms with Gasteiger partial charge in [-0.3, -0.25) is 0 Å². The normalized spacial score (nSPS) is 15.0. The summed E-state index contributed by atoms with van der Waals surface area (Å²) >= 11 is 0. The summed E-state index contributed by atoms with van der Waals surface area (Å²) in [4.78, 5) is 16.4. The van der Waals surface area contributed by atoms with Crippen LogP contribution in [0, 0.1) is 0 Å². The summed E-state index contributed by atoms with van der Waals surface area (Å²) in [6.45, 7) is 4.27. The number of aromatic nitrogens is 2. The van der Waals surface area contributed by atoms with E-state index in [0.717, 1.165) is 23.3 Å². The number of ether oxygens (including phenoxy) is 3. The van der Waals surface area contributed by atoms with Crippen LogP contribution in [0.5, 0.6) is 11.6 Å². The summed E-state index contributed by atoms with van der Waals surface area (Å²) in [5, 5.41) is 4.00. The van der Waals surface area contributed by atoms with E-state index in [9.17, 15) is 4.79 Å². The summed E-state index contributed by atoms with van der Waals surface area (Å²) < 4.78 is 21.8. The monoisotopic (exact) mass is 380 g/mol. The van der Waals surface area contributed by atoms with Crippen LogP contribution < -0.4 is 9.47 Å². The first-order chi connectivity index (χ1) is 13.6. The Hall–Kier alpha value is -3.35. The second kappa shape index (κ2) is 7.72. The topological polar surface area (TPSA) is 83.7 Å². The molecule has 3 heterocycles. The fraction of sp³-hybridized carbons (Fsp3) is 0.286. The molecule has 0 bridgehead atoms.